The first kappa shape index (κ1) is 23.4. The molecule has 0 radical (unpaired) electrons. The first-order valence-electron chi connectivity index (χ1n) is 11.5. The summed E-state index contributed by atoms with van der Waals surface area (Å²) in [6.07, 6.45) is 12.7. The molecule has 0 fully saturated rings. The van der Waals surface area contributed by atoms with Crippen molar-refractivity contribution in [1.29, 1.82) is 0 Å². The fourth-order valence-corrected chi connectivity index (χ4v) is 3.44. The molecule has 160 valence electrons. The predicted octanol–water partition coefficient (Wildman–Crippen LogP) is 7.95. The van der Waals surface area contributed by atoms with Crippen LogP contribution in [0.15, 0.2) is 42.6 Å². The normalized spacial score (nSPS) is 12.1. The molecule has 1 aromatic heterocycles. The van der Waals surface area contributed by atoms with Gasteiger partial charge in [-0.1, -0.05) is 64.9 Å². The number of nitrogens with zero attached hydrogens (tertiary/aromatic N) is 1. The van der Waals surface area contributed by atoms with E-state index in [-0.39, 0.29) is 0 Å². The van der Waals surface area contributed by atoms with Crippen LogP contribution in [0.1, 0.15) is 83.6 Å². The highest BCUT2D eigenvalue weighted by atomic mass is 19.1. The van der Waals surface area contributed by atoms with Gasteiger partial charge in [0.25, 0.3) is 0 Å². The Bertz CT molecular complexity index is 653. The minimum absolute atomic E-state index is 0.592. The minimum atomic E-state index is -0.694. The molecule has 0 aliphatic carbocycles. The summed E-state index contributed by atoms with van der Waals surface area (Å²) in [5.74, 6) is 0.915. The molecule has 0 saturated heterocycles. The molecule has 2 aromatic rings. The van der Waals surface area contributed by atoms with Gasteiger partial charge in [0.1, 0.15) is 11.9 Å². The van der Waals surface area contributed by atoms with E-state index in [0.29, 0.717) is 12.8 Å². The standard InChI is InChI=1S/C26H38FNO/c1-3-5-7-8-10-20-29-25-17-14-23(15-18-25)26-19-13-22(21-28-26)12-16-24(27)11-9-6-4-2/h13-15,17-19,21,24H,3-12,16,20H2,1-2H3. The van der Waals surface area contributed by atoms with E-state index in [1.165, 1.54) is 25.7 Å². The molecule has 0 spiro atoms. The highest BCUT2D eigenvalue weighted by Gasteiger charge is 2.07. The summed E-state index contributed by atoms with van der Waals surface area (Å²) in [5, 5.41) is 0. The van der Waals surface area contributed by atoms with Crippen molar-refractivity contribution < 1.29 is 9.13 Å². The Morgan fingerprint density at radius 1 is 0.828 bits per heavy atom. The number of aryl methyl sites for hydroxylation is 1. The van der Waals surface area contributed by atoms with E-state index in [2.05, 4.69) is 37.0 Å². The fraction of sp³-hybridized carbons (Fsp3) is 0.577. The molecule has 2 rings (SSSR count). The fourth-order valence-electron chi connectivity index (χ4n) is 3.44. The van der Waals surface area contributed by atoms with Crippen molar-refractivity contribution in [2.75, 3.05) is 6.61 Å². The Morgan fingerprint density at radius 3 is 2.24 bits per heavy atom. The third-order valence-electron chi connectivity index (χ3n) is 5.36. The molecule has 0 bridgehead atoms. The van der Waals surface area contributed by atoms with Gasteiger partial charge in [0.05, 0.1) is 12.3 Å². The summed E-state index contributed by atoms with van der Waals surface area (Å²) < 4.78 is 19.8. The molecule has 0 N–H and O–H groups in total. The van der Waals surface area contributed by atoms with E-state index in [4.69, 9.17) is 4.74 Å². The summed E-state index contributed by atoms with van der Waals surface area (Å²) in [4.78, 5) is 4.57. The van der Waals surface area contributed by atoms with Crippen molar-refractivity contribution in [2.24, 2.45) is 0 Å². The van der Waals surface area contributed by atoms with Crippen molar-refractivity contribution in [3.8, 4) is 17.0 Å². The van der Waals surface area contributed by atoms with Crippen LogP contribution >= 0.6 is 0 Å². The van der Waals surface area contributed by atoms with Crippen molar-refractivity contribution >= 4 is 0 Å². The maximum Gasteiger partial charge on any atom is 0.119 e. The van der Waals surface area contributed by atoms with Gasteiger partial charge in [-0.05, 0) is 61.6 Å². The lowest BCUT2D eigenvalue weighted by Gasteiger charge is -2.09. The number of benzene rings is 1. The summed E-state index contributed by atoms with van der Waals surface area (Å²) >= 11 is 0. The van der Waals surface area contributed by atoms with E-state index in [1.807, 2.05) is 24.4 Å². The number of ether oxygens (including phenoxy) is 1. The molecule has 29 heavy (non-hydrogen) atoms. The van der Waals surface area contributed by atoms with Gasteiger partial charge < -0.3 is 4.74 Å². The van der Waals surface area contributed by atoms with E-state index in [0.717, 1.165) is 61.3 Å². The Morgan fingerprint density at radius 2 is 1.55 bits per heavy atom. The number of unbranched alkanes of at least 4 members (excludes halogenated alkanes) is 6. The smallest absolute Gasteiger partial charge is 0.119 e. The lowest BCUT2D eigenvalue weighted by Crippen LogP contribution is -2.02. The second kappa shape index (κ2) is 14.1. The first-order valence-corrected chi connectivity index (χ1v) is 11.5. The second-order valence-corrected chi connectivity index (χ2v) is 7.97. The average Bonchev–Trinajstić information content (AvgIpc) is 2.76. The number of alkyl halides is 1. The summed E-state index contributed by atoms with van der Waals surface area (Å²) in [5.41, 5.74) is 3.13. The zero-order valence-electron chi connectivity index (χ0n) is 18.3. The maximum atomic E-state index is 13.9. The molecule has 1 unspecified atom stereocenters. The van der Waals surface area contributed by atoms with Crippen LogP contribution in [-0.4, -0.2) is 17.8 Å². The quantitative estimate of drug-likeness (QED) is 0.283. The molecule has 3 heteroatoms. The van der Waals surface area contributed by atoms with Crippen LogP contribution in [0, 0.1) is 0 Å². The molecule has 0 amide bonds. The highest BCUT2D eigenvalue weighted by Crippen LogP contribution is 2.22. The maximum absolute atomic E-state index is 13.9. The number of halogens is 1. The number of rotatable bonds is 15. The molecular formula is C26H38FNO. The third kappa shape index (κ3) is 9.43. The number of hydrogen-bond acceptors (Lipinski definition) is 2. The zero-order chi connectivity index (χ0) is 20.7. The van der Waals surface area contributed by atoms with Crippen LogP contribution in [0.2, 0.25) is 0 Å². The monoisotopic (exact) mass is 399 g/mol. The Labute approximate surface area is 176 Å². The Balaban J connectivity index is 1.74. The van der Waals surface area contributed by atoms with Crippen molar-refractivity contribution in [3.05, 3.63) is 48.2 Å². The van der Waals surface area contributed by atoms with Gasteiger partial charge in [0.15, 0.2) is 0 Å². The van der Waals surface area contributed by atoms with Crippen molar-refractivity contribution in [1.82, 2.24) is 4.98 Å². The van der Waals surface area contributed by atoms with E-state index in [9.17, 15) is 4.39 Å². The van der Waals surface area contributed by atoms with Gasteiger partial charge >= 0.3 is 0 Å². The van der Waals surface area contributed by atoms with Gasteiger partial charge in [-0.3, -0.25) is 4.98 Å². The molecule has 0 saturated carbocycles. The minimum Gasteiger partial charge on any atom is -0.494 e. The molecular weight excluding hydrogens is 361 g/mol. The van der Waals surface area contributed by atoms with Gasteiger partial charge in [0.2, 0.25) is 0 Å². The van der Waals surface area contributed by atoms with Gasteiger partial charge in [0, 0.05) is 11.8 Å². The number of hydrogen-bond donors (Lipinski definition) is 0. The van der Waals surface area contributed by atoms with Gasteiger partial charge in [-0.2, -0.15) is 0 Å². The van der Waals surface area contributed by atoms with E-state index < -0.39 is 6.17 Å². The third-order valence-corrected chi connectivity index (χ3v) is 5.36. The summed E-state index contributed by atoms with van der Waals surface area (Å²) in [7, 11) is 0. The van der Waals surface area contributed by atoms with E-state index >= 15 is 0 Å². The highest BCUT2D eigenvalue weighted by molar-refractivity contribution is 5.60. The average molecular weight is 400 g/mol. The molecule has 0 aliphatic heterocycles. The second-order valence-electron chi connectivity index (χ2n) is 7.97. The molecule has 2 nitrogen and oxygen atoms in total. The van der Waals surface area contributed by atoms with Gasteiger partial charge in [-0.15, -0.1) is 0 Å². The number of pyridine rings is 1. The van der Waals surface area contributed by atoms with Crippen LogP contribution in [-0.2, 0) is 6.42 Å². The molecule has 1 atom stereocenters. The molecule has 1 aromatic carbocycles. The number of aromatic nitrogens is 1. The van der Waals surface area contributed by atoms with Crippen LogP contribution in [0.5, 0.6) is 5.75 Å². The lowest BCUT2D eigenvalue weighted by molar-refractivity contribution is 0.288. The lowest BCUT2D eigenvalue weighted by atomic mass is 10.0. The Hall–Kier alpha value is -1.90. The first-order chi connectivity index (χ1) is 14.2. The van der Waals surface area contributed by atoms with Gasteiger partial charge in [-0.25, -0.2) is 4.39 Å². The van der Waals surface area contributed by atoms with Crippen LogP contribution in [0.3, 0.4) is 0 Å². The zero-order valence-corrected chi connectivity index (χ0v) is 18.3. The van der Waals surface area contributed by atoms with Crippen LogP contribution in [0.4, 0.5) is 4.39 Å². The Kier molecular flexibility index (Phi) is 11.4. The SMILES string of the molecule is CCCCCCCOc1ccc(-c2ccc(CCC(F)CCCCC)cn2)cc1. The topological polar surface area (TPSA) is 22.1 Å². The van der Waals surface area contributed by atoms with Crippen LogP contribution in [0.25, 0.3) is 11.3 Å². The predicted molar refractivity (Wildman–Crippen MR) is 121 cm³/mol. The molecule has 1 heterocycles. The molecule has 0 aliphatic rings. The largest absolute Gasteiger partial charge is 0.494 e. The van der Waals surface area contributed by atoms with Crippen molar-refractivity contribution in [3.63, 3.8) is 0 Å². The van der Waals surface area contributed by atoms with Crippen LogP contribution < -0.4 is 4.74 Å². The van der Waals surface area contributed by atoms with Crippen molar-refractivity contribution in [2.45, 2.75) is 90.6 Å². The summed E-state index contributed by atoms with van der Waals surface area (Å²) in [6.45, 7) is 5.16. The summed E-state index contributed by atoms with van der Waals surface area (Å²) in [6, 6.07) is 12.2. The van der Waals surface area contributed by atoms with E-state index in [1.54, 1.807) is 0 Å².